The summed E-state index contributed by atoms with van der Waals surface area (Å²) in [6.07, 6.45) is 15.1. The summed E-state index contributed by atoms with van der Waals surface area (Å²) in [5.41, 5.74) is 0. The Hall–Kier alpha value is -1.35. The van der Waals surface area contributed by atoms with Gasteiger partial charge in [0.15, 0.2) is 0 Å². The number of aliphatic carboxylic acids is 1. The Morgan fingerprint density at radius 3 is 2.41 bits per heavy atom. The molecule has 0 aromatic heterocycles. The fraction of sp³-hybridized carbons (Fsp3) is 0.500. The van der Waals surface area contributed by atoms with Crippen LogP contribution in [0.3, 0.4) is 0 Å². The van der Waals surface area contributed by atoms with E-state index < -0.39 is 5.97 Å². The Morgan fingerprint density at radius 1 is 1.12 bits per heavy atom. The molecule has 0 aliphatic rings. The minimum atomic E-state index is -0.921. The quantitative estimate of drug-likeness (QED) is 0.281. The Kier molecular flexibility index (Phi) is 10.3. The van der Waals surface area contributed by atoms with Crippen LogP contribution in [-0.4, -0.2) is 22.3 Å². The van der Waals surface area contributed by atoms with Crippen molar-refractivity contribution in [2.75, 3.05) is 0 Å². The molecule has 0 aliphatic heterocycles. The molecular weight excluding hydrogens is 216 g/mol. The molecule has 3 nitrogen and oxygen atoms in total. The van der Waals surface area contributed by atoms with Gasteiger partial charge in [-0.15, -0.1) is 0 Å². The molecule has 0 aromatic rings. The minimum Gasteiger partial charge on any atom is -0.478 e. The first kappa shape index (κ1) is 15.7. The van der Waals surface area contributed by atoms with Crippen LogP contribution >= 0.6 is 0 Å². The predicted molar refractivity (Wildman–Crippen MR) is 69.8 cm³/mol. The van der Waals surface area contributed by atoms with Crippen LogP contribution in [0, 0.1) is 0 Å². The van der Waals surface area contributed by atoms with Gasteiger partial charge in [0.1, 0.15) is 0 Å². The number of rotatable bonds is 9. The van der Waals surface area contributed by atoms with Crippen LogP contribution in [0.15, 0.2) is 36.5 Å². The summed E-state index contributed by atoms with van der Waals surface area (Å²) in [6, 6.07) is 0. The summed E-state index contributed by atoms with van der Waals surface area (Å²) >= 11 is 0. The van der Waals surface area contributed by atoms with Gasteiger partial charge in [0.05, 0.1) is 6.10 Å². The molecule has 3 heteroatoms. The third-order valence-electron chi connectivity index (χ3n) is 2.15. The van der Waals surface area contributed by atoms with Crippen LogP contribution in [0.4, 0.5) is 0 Å². The standard InChI is InChI=1S/C14H22O3/c1-13(15)11-9-7-5-3-2-4-6-8-10-12-14(16)17/h5-8,10,12-13,15H,2-4,9,11H2,1H3,(H,16,17). The SMILES string of the molecule is CC(O)CCC=CCCCC=CC=CC(=O)O. The smallest absolute Gasteiger partial charge is 0.328 e. The van der Waals surface area contributed by atoms with Crippen LogP contribution in [-0.2, 0) is 4.79 Å². The van der Waals surface area contributed by atoms with E-state index in [9.17, 15) is 4.79 Å². The zero-order chi connectivity index (χ0) is 12.9. The van der Waals surface area contributed by atoms with Crippen molar-refractivity contribution >= 4 is 5.97 Å². The van der Waals surface area contributed by atoms with Gasteiger partial charge < -0.3 is 10.2 Å². The summed E-state index contributed by atoms with van der Waals surface area (Å²) < 4.78 is 0. The van der Waals surface area contributed by atoms with Crippen molar-refractivity contribution in [3.8, 4) is 0 Å². The van der Waals surface area contributed by atoms with Crippen LogP contribution in [0.5, 0.6) is 0 Å². The third kappa shape index (κ3) is 14.7. The minimum absolute atomic E-state index is 0.219. The second kappa shape index (κ2) is 11.1. The molecule has 1 unspecified atom stereocenters. The number of aliphatic hydroxyl groups is 1. The van der Waals surface area contributed by atoms with Gasteiger partial charge in [0, 0.05) is 6.08 Å². The van der Waals surface area contributed by atoms with Crippen molar-refractivity contribution in [1.82, 2.24) is 0 Å². The van der Waals surface area contributed by atoms with Crippen molar-refractivity contribution in [2.24, 2.45) is 0 Å². The topological polar surface area (TPSA) is 57.5 Å². The predicted octanol–water partition coefficient (Wildman–Crippen LogP) is 3.07. The van der Waals surface area contributed by atoms with Crippen molar-refractivity contribution in [3.63, 3.8) is 0 Å². The largest absolute Gasteiger partial charge is 0.478 e. The number of carbonyl (C=O) groups is 1. The van der Waals surface area contributed by atoms with E-state index in [-0.39, 0.29) is 6.10 Å². The van der Waals surface area contributed by atoms with Crippen molar-refractivity contribution in [2.45, 2.75) is 45.1 Å². The fourth-order valence-electron chi connectivity index (χ4n) is 1.24. The number of carboxylic acids is 1. The Morgan fingerprint density at radius 2 is 1.76 bits per heavy atom. The monoisotopic (exact) mass is 238 g/mol. The maximum absolute atomic E-state index is 10.1. The number of allylic oxidation sites excluding steroid dienone is 5. The fourth-order valence-corrected chi connectivity index (χ4v) is 1.24. The van der Waals surface area contributed by atoms with Gasteiger partial charge in [0.2, 0.25) is 0 Å². The molecule has 0 heterocycles. The Labute approximate surface area is 103 Å². The summed E-state index contributed by atoms with van der Waals surface area (Å²) in [4.78, 5) is 10.1. The first-order valence-corrected chi connectivity index (χ1v) is 6.02. The normalized spacial score (nSPS) is 14.0. The molecule has 0 aromatic carbocycles. The second-order valence-corrected chi connectivity index (χ2v) is 3.95. The third-order valence-corrected chi connectivity index (χ3v) is 2.15. The van der Waals surface area contributed by atoms with Gasteiger partial charge in [-0.3, -0.25) is 0 Å². The molecule has 0 fully saturated rings. The van der Waals surface area contributed by atoms with Crippen molar-refractivity contribution in [3.05, 3.63) is 36.5 Å². The van der Waals surface area contributed by atoms with Crippen LogP contribution in [0.1, 0.15) is 39.0 Å². The Balaban J connectivity index is 3.37. The van der Waals surface area contributed by atoms with Crippen molar-refractivity contribution in [1.29, 1.82) is 0 Å². The first-order valence-electron chi connectivity index (χ1n) is 6.02. The molecule has 2 N–H and O–H groups in total. The number of hydrogen-bond donors (Lipinski definition) is 2. The average Bonchev–Trinajstić information content (AvgIpc) is 2.25. The number of carboxylic acid groups (broad SMARTS) is 1. The van der Waals surface area contributed by atoms with Gasteiger partial charge in [-0.25, -0.2) is 4.79 Å². The molecule has 0 saturated carbocycles. The van der Waals surface area contributed by atoms with E-state index >= 15 is 0 Å². The summed E-state index contributed by atoms with van der Waals surface area (Å²) in [7, 11) is 0. The molecule has 1 atom stereocenters. The van der Waals surface area contributed by atoms with Gasteiger partial charge in [0.25, 0.3) is 0 Å². The van der Waals surface area contributed by atoms with Crippen LogP contribution < -0.4 is 0 Å². The maximum Gasteiger partial charge on any atom is 0.328 e. The van der Waals surface area contributed by atoms with E-state index in [2.05, 4.69) is 12.2 Å². The van der Waals surface area contributed by atoms with Gasteiger partial charge in [-0.2, -0.15) is 0 Å². The maximum atomic E-state index is 10.1. The zero-order valence-electron chi connectivity index (χ0n) is 10.4. The van der Waals surface area contributed by atoms with E-state index in [4.69, 9.17) is 10.2 Å². The molecule has 0 saturated heterocycles. The lowest BCUT2D eigenvalue weighted by Crippen LogP contribution is -1.96. The van der Waals surface area contributed by atoms with E-state index in [1.54, 1.807) is 13.0 Å². The number of aliphatic hydroxyl groups excluding tert-OH is 1. The molecule has 0 radical (unpaired) electrons. The van der Waals surface area contributed by atoms with E-state index in [1.807, 2.05) is 6.08 Å². The van der Waals surface area contributed by atoms with Gasteiger partial charge in [-0.05, 0) is 39.0 Å². The van der Waals surface area contributed by atoms with Crippen molar-refractivity contribution < 1.29 is 15.0 Å². The van der Waals surface area contributed by atoms with E-state index in [1.165, 1.54) is 6.08 Å². The summed E-state index contributed by atoms with van der Waals surface area (Å²) in [6.45, 7) is 1.79. The van der Waals surface area contributed by atoms with Crippen LogP contribution in [0.2, 0.25) is 0 Å². The van der Waals surface area contributed by atoms with Crippen LogP contribution in [0.25, 0.3) is 0 Å². The first-order chi connectivity index (χ1) is 8.13. The molecule has 0 amide bonds. The molecule has 0 bridgehead atoms. The summed E-state index contributed by atoms with van der Waals surface area (Å²) in [5.74, 6) is -0.921. The number of unbranched alkanes of at least 4 members (excludes halogenated alkanes) is 2. The highest BCUT2D eigenvalue weighted by molar-refractivity contribution is 5.80. The molecule has 0 aliphatic carbocycles. The lowest BCUT2D eigenvalue weighted by molar-refractivity contribution is -0.131. The van der Waals surface area contributed by atoms with Gasteiger partial charge >= 0.3 is 5.97 Å². The highest BCUT2D eigenvalue weighted by Crippen LogP contribution is 2.01. The summed E-state index contributed by atoms with van der Waals surface area (Å²) in [5, 5.41) is 17.4. The molecule has 0 rings (SSSR count). The Bertz CT molecular complexity index is 275. The molecule has 96 valence electrons. The van der Waals surface area contributed by atoms with E-state index in [0.29, 0.717) is 0 Å². The molecular formula is C14H22O3. The highest BCUT2D eigenvalue weighted by Gasteiger charge is 1.90. The second-order valence-electron chi connectivity index (χ2n) is 3.95. The van der Waals surface area contributed by atoms with E-state index in [0.717, 1.165) is 38.2 Å². The average molecular weight is 238 g/mol. The number of hydrogen-bond acceptors (Lipinski definition) is 2. The molecule has 17 heavy (non-hydrogen) atoms. The highest BCUT2D eigenvalue weighted by atomic mass is 16.4. The lowest BCUT2D eigenvalue weighted by atomic mass is 10.1. The lowest BCUT2D eigenvalue weighted by Gasteiger charge is -1.98. The van der Waals surface area contributed by atoms with Gasteiger partial charge in [-0.1, -0.05) is 30.4 Å². The molecule has 0 spiro atoms. The zero-order valence-corrected chi connectivity index (χ0v) is 10.4.